The maximum absolute atomic E-state index is 12.5. The lowest BCUT2D eigenvalue weighted by atomic mass is 9.83. The zero-order chi connectivity index (χ0) is 32.0. The van der Waals surface area contributed by atoms with Gasteiger partial charge in [-0.2, -0.15) is 5.26 Å². The number of aromatic nitrogens is 1. The van der Waals surface area contributed by atoms with Crippen LogP contribution in [-0.4, -0.2) is 31.8 Å². The van der Waals surface area contributed by atoms with Crippen LogP contribution in [0.25, 0.3) is 22.5 Å². The highest BCUT2D eigenvalue weighted by molar-refractivity contribution is 7.72. The fourth-order valence-electron chi connectivity index (χ4n) is 5.18. The molecule has 0 radical (unpaired) electrons. The highest BCUT2D eigenvalue weighted by Crippen LogP contribution is 2.34. The zero-order valence-electron chi connectivity index (χ0n) is 25.5. The maximum atomic E-state index is 12.5. The number of rotatable bonds is 10. The minimum absolute atomic E-state index is 0.0226. The van der Waals surface area contributed by atoms with Crippen LogP contribution >= 0.6 is 0 Å². The number of hydrogen-bond donors (Lipinski definition) is 2. The van der Waals surface area contributed by atoms with Crippen molar-refractivity contribution >= 4 is 16.6 Å². The molecule has 1 heterocycles. The van der Waals surface area contributed by atoms with E-state index in [-0.39, 0.29) is 29.5 Å². The number of nitrogens with zero attached hydrogens (tertiary/aromatic N) is 2. The Hall–Kier alpha value is -5.00. The van der Waals surface area contributed by atoms with Crippen LogP contribution in [-0.2, 0) is 22.5 Å². The lowest BCUT2D eigenvalue weighted by Crippen LogP contribution is -2.26. The first-order valence-electron chi connectivity index (χ1n) is 14.8. The molecule has 0 aliphatic carbocycles. The van der Waals surface area contributed by atoms with E-state index < -0.39 is 10.7 Å². The van der Waals surface area contributed by atoms with Crippen molar-refractivity contribution in [3.63, 3.8) is 0 Å². The van der Waals surface area contributed by atoms with Gasteiger partial charge in [0.15, 0.2) is 5.76 Å². The van der Waals surface area contributed by atoms with Gasteiger partial charge in [0.05, 0.1) is 23.1 Å². The van der Waals surface area contributed by atoms with E-state index in [4.69, 9.17) is 9.78 Å². The van der Waals surface area contributed by atoms with E-state index in [1.165, 1.54) is 5.56 Å². The SMILES string of the molecule is CC(C)(C)c1ccc(C(Cc2ccc(C(=O)NCC[SH](=O)=O)cc2)c2cc(-c3cccc(-c4ccc(C#N)cc4)c3)on2)cc1. The molecule has 0 aliphatic heterocycles. The summed E-state index contributed by atoms with van der Waals surface area (Å²) in [5, 5.41) is 16.3. The van der Waals surface area contributed by atoms with Crippen LogP contribution in [0.3, 0.4) is 0 Å². The molecule has 228 valence electrons. The van der Waals surface area contributed by atoms with Crippen molar-refractivity contribution in [3.05, 3.63) is 137 Å². The van der Waals surface area contributed by atoms with E-state index in [1.807, 2.05) is 60.7 Å². The van der Waals surface area contributed by atoms with E-state index in [0.29, 0.717) is 23.3 Å². The Morgan fingerprint density at radius 2 is 1.58 bits per heavy atom. The quantitative estimate of drug-likeness (QED) is 0.165. The van der Waals surface area contributed by atoms with Crippen LogP contribution in [0, 0.1) is 11.3 Å². The summed E-state index contributed by atoms with van der Waals surface area (Å²) in [4.78, 5) is 12.5. The molecule has 0 fully saturated rings. The van der Waals surface area contributed by atoms with Gasteiger partial charge < -0.3 is 9.84 Å². The molecule has 7 nitrogen and oxygen atoms in total. The molecule has 1 unspecified atom stereocenters. The highest BCUT2D eigenvalue weighted by atomic mass is 32.2. The Morgan fingerprint density at radius 3 is 2.22 bits per heavy atom. The van der Waals surface area contributed by atoms with E-state index in [2.05, 4.69) is 67.6 Å². The van der Waals surface area contributed by atoms with Crippen molar-refractivity contribution < 1.29 is 17.7 Å². The third-order valence-corrected chi connectivity index (χ3v) is 8.38. The number of carbonyl (C=O) groups excluding carboxylic acids is 1. The monoisotopic (exact) mass is 617 g/mol. The molecule has 4 aromatic carbocycles. The maximum Gasteiger partial charge on any atom is 0.251 e. The Labute approximate surface area is 265 Å². The first-order valence-corrected chi connectivity index (χ1v) is 16.1. The van der Waals surface area contributed by atoms with Gasteiger partial charge in [0, 0.05) is 29.7 Å². The molecule has 0 spiro atoms. The molecule has 0 bridgehead atoms. The van der Waals surface area contributed by atoms with Gasteiger partial charge in [-0.05, 0) is 70.0 Å². The second-order valence-corrected chi connectivity index (χ2v) is 13.1. The Balaban J connectivity index is 1.42. The fourth-order valence-corrected chi connectivity index (χ4v) is 5.47. The summed E-state index contributed by atoms with van der Waals surface area (Å²) in [5.41, 5.74) is 8.17. The molecule has 1 amide bonds. The molecular formula is C37H35N3O4S. The van der Waals surface area contributed by atoms with Crippen molar-refractivity contribution in [2.45, 2.75) is 38.5 Å². The molecule has 1 aromatic heterocycles. The van der Waals surface area contributed by atoms with Crippen LogP contribution < -0.4 is 5.32 Å². The summed E-state index contributed by atoms with van der Waals surface area (Å²) < 4.78 is 27.5. The summed E-state index contributed by atoms with van der Waals surface area (Å²) >= 11 is 0. The minimum atomic E-state index is -2.53. The number of nitrogens with one attached hydrogen (secondary N) is 1. The first kappa shape index (κ1) is 31.4. The van der Waals surface area contributed by atoms with Gasteiger partial charge in [0.2, 0.25) is 0 Å². The third-order valence-electron chi connectivity index (χ3n) is 7.79. The Kier molecular flexibility index (Phi) is 9.60. The smallest absolute Gasteiger partial charge is 0.251 e. The predicted octanol–water partition coefficient (Wildman–Crippen LogP) is 6.89. The lowest BCUT2D eigenvalue weighted by molar-refractivity contribution is 0.0956. The number of hydrogen-bond acceptors (Lipinski definition) is 6. The molecule has 0 aliphatic rings. The number of benzene rings is 4. The first-order chi connectivity index (χ1) is 21.6. The van der Waals surface area contributed by atoms with Crippen molar-refractivity contribution in [1.82, 2.24) is 10.5 Å². The number of thiol groups is 1. The van der Waals surface area contributed by atoms with Gasteiger partial charge in [0.25, 0.3) is 5.91 Å². The summed E-state index contributed by atoms with van der Waals surface area (Å²) in [6.07, 6.45) is 0.630. The molecule has 5 aromatic rings. The summed E-state index contributed by atoms with van der Waals surface area (Å²) in [7, 11) is -2.53. The van der Waals surface area contributed by atoms with Gasteiger partial charge in [-0.15, -0.1) is 0 Å². The van der Waals surface area contributed by atoms with Crippen LogP contribution in [0.4, 0.5) is 0 Å². The predicted molar refractivity (Wildman–Crippen MR) is 177 cm³/mol. The number of nitriles is 1. The average molecular weight is 618 g/mol. The summed E-state index contributed by atoms with van der Waals surface area (Å²) in [5.74, 6) is 0.154. The van der Waals surface area contributed by atoms with Crippen molar-refractivity contribution in [1.29, 1.82) is 5.26 Å². The Morgan fingerprint density at radius 1 is 0.889 bits per heavy atom. The van der Waals surface area contributed by atoms with Crippen molar-refractivity contribution in [2.75, 3.05) is 12.3 Å². The van der Waals surface area contributed by atoms with E-state index >= 15 is 0 Å². The minimum Gasteiger partial charge on any atom is -0.356 e. The molecule has 45 heavy (non-hydrogen) atoms. The molecule has 1 N–H and O–H groups in total. The number of carbonyl (C=O) groups is 1. The molecule has 1 atom stereocenters. The van der Waals surface area contributed by atoms with Crippen LogP contribution in [0.15, 0.2) is 108 Å². The van der Waals surface area contributed by atoms with Crippen LogP contribution in [0.5, 0.6) is 0 Å². The molecule has 0 saturated heterocycles. The molecule has 8 heteroatoms. The van der Waals surface area contributed by atoms with E-state index in [1.54, 1.807) is 12.1 Å². The second-order valence-electron chi connectivity index (χ2n) is 12.0. The van der Waals surface area contributed by atoms with Gasteiger partial charge in [-0.3, -0.25) is 4.79 Å². The molecule has 5 rings (SSSR count). The van der Waals surface area contributed by atoms with Gasteiger partial charge >= 0.3 is 0 Å². The number of amides is 1. The van der Waals surface area contributed by atoms with E-state index in [0.717, 1.165) is 33.5 Å². The summed E-state index contributed by atoms with van der Waals surface area (Å²) in [6.45, 7) is 6.64. The molecular weight excluding hydrogens is 582 g/mol. The highest BCUT2D eigenvalue weighted by Gasteiger charge is 2.22. The topological polar surface area (TPSA) is 113 Å². The van der Waals surface area contributed by atoms with Gasteiger partial charge in [0.1, 0.15) is 10.7 Å². The van der Waals surface area contributed by atoms with Crippen LogP contribution in [0.2, 0.25) is 0 Å². The van der Waals surface area contributed by atoms with Gasteiger partial charge in [-0.25, -0.2) is 8.42 Å². The largest absolute Gasteiger partial charge is 0.356 e. The Bertz CT molecular complexity index is 1890. The normalized spacial score (nSPS) is 12.1. The molecule has 0 saturated carbocycles. The second kappa shape index (κ2) is 13.7. The van der Waals surface area contributed by atoms with Crippen LogP contribution in [0.1, 0.15) is 65.0 Å². The van der Waals surface area contributed by atoms with Crippen molar-refractivity contribution in [3.8, 4) is 28.5 Å². The van der Waals surface area contributed by atoms with Gasteiger partial charge in [-0.1, -0.05) is 92.7 Å². The lowest BCUT2D eigenvalue weighted by Gasteiger charge is -2.21. The third kappa shape index (κ3) is 7.94. The zero-order valence-corrected chi connectivity index (χ0v) is 26.4. The van der Waals surface area contributed by atoms with Crippen molar-refractivity contribution in [2.24, 2.45) is 0 Å². The summed E-state index contributed by atoms with van der Waals surface area (Å²) in [6, 6.07) is 35.6. The standard InChI is InChI=1S/C37H35N3O4S/c1-37(2,3)32-17-15-28(16-18-32)33(21-25-7-13-29(14-8-25)36(41)39-19-20-45(42)43)34-23-35(44-40-34)31-6-4-5-30(22-31)27-11-9-26(24-38)10-12-27/h4-18,22-23,33,45H,19-21H2,1-3H3,(H,39,41). The van der Waals surface area contributed by atoms with E-state index in [9.17, 15) is 13.2 Å². The average Bonchev–Trinajstić information content (AvgIpc) is 3.54. The fraction of sp³-hybridized carbons (Fsp3) is 0.216.